The minimum atomic E-state index is -0.0439. The predicted octanol–water partition coefficient (Wildman–Crippen LogP) is 2.38. The van der Waals surface area contributed by atoms with Crippen molar-refractivity contribution in [3.63, 3.8) is 0 Å². The van der Waals surface area contributed by atoms with Gasteiger partial charge < -0.3 is 10.6 Å². The molecule has 1 aliphatic heterocycles. The first-order valence-corrected chi connectivity index (χ1v) is 7.24. The fourth-order valence-corrected chi connectivity index (χ4v) is 2.80. The van der Waals surface area contributed by atoms with E-state index in [9.17, 15) is 4.79 Å². The van der Waals surface area contributed by atoms with Crippen molar-refractivity contribution in [3.8, 4) is 0 Å². The molecule has 0 saturated carbocycles. The Labute approximate surface area is 124 Å². The molecule has 2 N–H and O–H groups in total. The summed E-state index contributed by atoms with van der Waals surface area (Å²) in [5.74, 6) is 0.407. The number of nitrogens with two attached hydrogens (primary N) is 1. The van der Waals surface area contributed by atoms with Crippen LogP contribution in [0.2, 0.25) is 0 Å². The predicted molar refractivity (Wildman–Crippen MR) is 83.1 cm³/mol. The second-order valence-corrected chi connectivity index (χ2v) is 5.61. The zero-order valence-electron chi connectivity index (χ0n) is 12.1. The number of carbonyl (C=O) groups is 1. The van der Waals surface area contributed by atoms with Crippen molar-refractivity contribution in [1.29, 1.82) is 0 Å². The highest BCUT2D eigenvalue weighted by atomic mass is 16.2. The van der Waals surface area contributed by atoms with Crippen LogP contribution in [0, 0.1) is 5.92 Å². The molecule has 1 atom stereocenters. The number of nitrogens with zero attached hydrogens (tertiary/aromatic N) is 2. The second kappa shape index (κ2) is 5.66. The van der Waals surface area contributed by atoms with Crippen LogP contribution in [0.5, 0.6) is 0 Å². The molecule has 108 valence electrons. The van der Waals surface area contributed by atoms with E-state index >= 15 is 0 Å². The lowest BCUT2D eigenvalue weighted by Crippen LogP contribution is -2.39. The molecule has 2 aromatic rings. The van der Waals surface area contributed by atoms with Crippen molar-refractivity contribution < 1.29 is 4.79 Å². The van der Waals surface area contributed by atoms with Crippen LogP contribution < -0.4 is 10.6 Å². The summed E-state index contributed by atoms with van der Waals surface area (Å²) in [4.78, 5) is 18.8. The van der Waals surface area contributed by atoms with Gasteiger partial charge in [0.05, 0.1) is 0 Å². The molecule has 1 aromatic heterocycles. The van der Waals surface area contributed by atoms with Crippen molar-refractivity contribution >= 4 is 11.6 Å². The first-order chi connectivity index (χ1) is 10.2. The van der Waals surface area contributed by atoms with Gasteiger partial charge in [0.25, 0.3) is 5.91 Å². The Morgan fingerprint density at radius 2 is 2.14 bits per heavy atom. The van der Waals surface area contributed by atoms with E-state index in [2.05, 4.69) is 18.0 Å². The maximum atomic E-state index is 12.7. The van der Waals surface area contributed by atoms with Gasteiger partial charge in [-0.2, -0.15) is 0 Å². The molecule has 1 amide bonds. The van der Waals surface area contributed by atoms with Crippen LogP contribution in [0.1, 0.15) is 28.5 Å². The average molecular weight is 281 g/mol. The summed E-state index contributed by atoms with van der Waals surface area (Å²) in [7, 11) is 0. The van der Waals surface area contributed by atoms with Gasteiger partial charge in [0.15, 0.2) is 0 Å². The SMILES string of the molecule is CC1Cc2ccccc2N(C(=O)c2ccc(CN)cn2)C1. The molecular formula is C17H19N3O. The summed E-state index contributed by atoms with van der Waals surface area (Å²) in [5.41, 5.74) is 9.19. The van der Waals surface area contributed by atoms with Crippen LogP contribution in [0.3, 0.4) is 0 Å². The fourth-order valence-electron chi connectivity index (χ4n) is 2.80. The van der Waals surface area contributed by atoms with Crippen molar-refractivity contribution in [1.82, 2.24) is 4.98 Å². The number of pyridine rings is 1. The first kappa shape index (κ1) is 13.8. The highest BCUT2D eigenvalue weighted by Crippen LogP contribution is 2.30. The molecule has 0 spiro atoms. The van der Waals surface area contributed by atoms with Crippen molar-refractivity contribution in [2.75, 3.05) is 11.4 Å². The van der Waals surface area contributed by atoms with Crippen LogP contribution in [0.4, 0.5) is 5.69 Å². The van der Waals surface area contributed by atoms with Crippen molar-refractivity contribution in [2.24, 2.45) is 11.7 Å². The van der Waals surface area contributed by atoms with Crippen LogP contribution in [-0.4, -0.2) is 17.4 Å². The van der Waals surface area contributed by atoms with E-state index < -0.39 is 0 Å². The highest BCUT2D eigenvalue weighted by molar-refractivity contribution is 6.05. The fraction of sp³-hybridized carbons (Fsp3) is 0.294. The molecule has 0 bridgehead atoms. The number of carbonyl (C=O) groups excluding carboxylic acids is 1. The lowest BCUT2D eigenvalue weighted by molar-refractivity contribution is 0.0976. The van der Waals surface area contributed by atoms with E-state index in [1.54, 1.807) is 12.3 Å². The van der Waals surface area contributed by atoms with Crippen LogP contribution in [0.25, 0.3) is 0 Å². The number of hydrogen-bond acceptors (Lipinski definition) is 3. The van der Waals surface area contributed by atoms with E-state index in [1.165, 1.54) is 5.56 Å². The Morgan fingerprint density at radius 1 is 1.33 bits per heavy atom. The number of rotatable bonds is 2. The Bertz CT molecular complexity index is 651. The number of anilines is 1. The molecule has 1 aliphatic rings. The second-order valence-electron chi connectivity index (χ2n) is 5.61. The molecule has 3 rings (SSSR count). The van der Waals surface area contributed by atoms with Gasteiger partial charge in [-0.15, -0.1) is 0 Å². The standard InChI is InChI=1S/C17H19N3O/c1-12-8-14-4-2-3-5-16(14)20(11-12)17(21)15-7-6-13(9-18)10-19-15/h2-7,10,12H,8-9,11,18H2,1H3. The minimum absolute atomic E-state index is 0.0439. The van der Waals surface area contributed by atoms with Crippen LogP contribution in [-0.2, 0) is 13.0 Å². The van der Waals surface area contributed by atoms with Gasteiger partial charge in [-0.25, -0.2) is 0 Å². The number of hydrogen-bond donors (Lipinski definition) is 1. The van der Waals surface area contributed by atoms with Gasteiger partial charge in [-0.1, -0.05) is 31.2 Å². The first-order valence-electron chi connectivity index (χ1n) is 7.24. The summed E-state index contributed by atoms with van der Waals surface area (Å²) < 4.78 is 0. The summed E-state index contributed by atoms with van der Waals surface area (Å²) in [6.07, 6.45) is 2.69. The van der Waals surface area contributed by atoms with E-state index in [0.29, 0.717) is 18.2 Å². The lowest BCUT2D eigenvalue weighted by atomic mass is 9.93. The smallest absolute Gasteiger partial charge is 0.276 e. The molecule has 1 aromatic carbocycles. The highest BCUT2D eigenvalue weighted by Gasteiger charge is 2.27. The van der Waals surface area contributed by atoms with Crippen LogP contribution >= 0.6 is 0 Å². The molecular weight excluding hydrogens is 262 g/mol. The molecule has 0 saturated heterocycles. The molecule has 21 heavy (non-hydrogen) atoms. The molecule has 2 heterocycles. The number of fused-ring (bicyclic) bond motifs is 1. The van der Waals surface area contributed by atoms with Gasteiger partial charge in [0.2, 0.25) is 0 Å². The number of aromatic nitrogens is 1. The lowest BCUT2D eigenvalue weighted by Gasteiger charge is -2.33. The molecule has 1 unspecified atom stereocenters. The largest absolute Gasteiger partial charge is 0.326 e. The molecule has 0 radical (unpaired) electrons. The zero-order chi connectivity index (χ0) is 14.8. The topological polar surface area (TPSA) is 59.2 Å². The van der Waals surface area contributed by atoms with E-state index in [-0.39, 0.29) is 5.91 Å². The molecule has 0 aliphatic carbocycles. The monoisotopic (exact) mass is 281 g/mol. The quantitative estimate of drug-likeness (QED) is 0.919. The number of para-hydroxylation sites is 1. The van der Waals surface area contributed by atoms with Gasteiger partial charge in [0, 0.05) is 25.0 Å². The maximum Gasteiger partial charge on any atom is 0.276 e. The van der Waals surface area contributed by atoms with Crippen molar-refractivity contribution in [2.45, 2.75) is 19.9 Å². The Morgan fingerprint density at radius 3 is 2.86 bits per heavy atom. The maximum absolute atomic E-state index is 12.7. The van der Waals surface area contributed by atoms with E-state index in [4.69, 9.17) is 5.73 Å². The third-order valence-corrected chi connectivity index (χ3v) is 3.87. The third kappa shape index (κ3) is 2.67. The van der Waals surface area contributed by atoms with Crippen LogP contribution in [0.15, 0.2) is 42.6 Å². The number of benzene rings is 1. The molecule has 0 fully saturated rings. The summed E-state index contributed by atoms with van der Waals surface area (Å²) >= 11 is 0. The molecule has 4 heteroatoms. The molecule has 4 nitrogen and oxygen atoms in total. The van der Waals surface area contributed by atoms with E-state index in [0.717, 1.165) is 24.2 Å². The van der Waals surface area contributed by atoms with Gasteiger partial charge in [-0.05, 0) is 35.6 Å². The normalized spacial score (nSPS) is 17.4. The van der Waals surface area contributed by atoms with Gasteiger partial charge in [0.1, 0.15) is 5.69 Å². The van der Waals surface area contributed by atoms with E-state index in [1.807, 2.05) is 29.2 Å². The Kier molecular flexibility index (Phi) is 3.71. The van der Waals surface area contributed by atoms with Gasteiger partial charge in [-0.3, -0.25) is 9.78 Å². The number of amides is 1. The zero-order valence-corrected chi connectivity index (χ0v) is 12.1. The minimum Gasteiger partial charge on any atom is -0.326 e. The average Bonchev–Trinajstić information content (AvgIpc) is 2.53. The Balaban J connectivity index is 1.93. The van der Waals surface area contributed by atoms with Crippen molar-refractivity contribution in [3.05, 3.63) is 59.4 Å². The van der Waals surface area contributed by atoms with Gasteiger partial charge >= 0.3 is 0 Å². The summed E-state index contributed by atoms with van der Waals surface area (Å²) in [5, 5.41) is 0. The summed E-state index contributed by atoms with van der Waals surface area (Å²) in [6.45, 7) is 3.34. The third-order valence-electron chi connectivity index (χ3n) is 3.87. The Hall–Kier alpha value is -2.20. The summed E-state index contributed by atoms with van der Waals surface area (Å²) in [6, 6.07) is 11.7.